The molecule has 0 aromatic rings. The maximum absolute atomic E-state index is 11.2. The van der Waals surface area contributed by atoms with Crippen LogP contribution in [0.4, 0.5) is 0 Å². The molecule has 1 amide bonds. The summed E-state index contributed by atoms with van der Waals surface area (Å²) >= 11 is 0. The zero-order valence-electron chi connectivity index (χ0n) is 10.5. The van der Waals surface area contributed by atoms with E-state index in [1.54, 1.807) is 6.92 Å². The highest BCUT2D eigenvalue weighted by molar-refractivity contribution is 5.73. The van der Waals surface area contributed by atoms with Crippen LogP contribution in [0.1, 0.15) is 20.3 Å². The van der Waals surface area contributed by atoms with Gasteiger partial charge in [-0.1, -0.05) is 6.92 Å². The average molecular weight is 225 g/mol. The van der Waals surface area contributed by atoms with Crippen molar-refractivity contribution in [2.24, 2.45) is 5.41 Å². The molecule has 0 aromatic carbocycles. The van der Waals surface area contributed by atoms with Crippen molar-refractivity contribution >= 4 is 5.91 Å². The van der Waals surface area contributed by atoms with E-state index in [0.717, 1.165) is 39.3 Å². The number of nitrogens with one attached hydrogen (secondary N) is 1. The van der Waals surface area contributed by atoms with Crippen molar-refractivity contribution in [2.45, 2.75) is 20.3 Å². The van der Waals surface area contributed by atoms with E-state index in [-0.39, 0.29) is 5.91 Å². The Morgan fingerprint density at radius 2 is 2.00 bits per heavy atom. The average Bonchev–Trinajstić information content (AvgIpc) is 2.65. The van der Waals surface area contributed by atoms with E-state index in [4.69, 9.17) is 0 Å². The molecule has 92 valence electrons. The second-order valence-corrected chi connectivity index (χ2v) is 5.52. The zero-order valence-corrected chi connectivity index (χ0v) is 10.5. The number of carbonyl (C=O) groups excluding carboxylic acids is 1. The molecule has 0 bridgehead atoms. The molecule has 1 unspecified atom stereocenters. The van der Waals surface area contributed by atoms with Crippen LogP contribution in [0, 0.1) is 5.41 Å². The van der Waals surface area contributed by atoms with E-state index < -0.39 is 0 Å². The summed E-state index contributed by atoms with van der Waals surface area (Å²) in [6.07, 6.45) is 1.28. The van der Waals surface area contributed by atoms with Crippen molar-refractivity contribution in [3.63, 3.8) is 0 Å². The molecule has 2 aliphatic heterocycles. The van der Waals surface area contributed by atoms with Gasteiger partial charge in [-0.3, -0.25) is 9.69 Å². The first-order valence-corrected chi connectivity index (χ1v) is 6.28. The molecular weight excluding hydrogens is 202 g/mol. The van der Waals surface area contributed by atoms with Crippen molar-refractivity contribution < 1.29 is 4.79 Å². The normalized spacial score (nSPS) is 32.0. The first-order valence-electron chi connectivity index (χ1n) is 6.28. The third kappa shape index (κ3) is 2.74. The Balaban J connectivity index is 1.79. The second kappa shape index (κ2) is 4.72. The number of piperazine rings is 1. The molecular formula is C12H23N3O. The number of hydrogen-bond donors (Lipinski definition) is 1. The van der Waals surface area contributed by atoms with Gasteiger partial charge in [-0.25, -0.2) is 0 Å². The van der Waals surface area contributed by atoms with E-state index in [9.17, 15) is 4.79 Å². The lowest BCUT2D eigenvalue weighted by atomic mass is 9.89. The van der Waals surface area contributed by atoms with E-state index >= 15 is 0 Å². The maximum atomic E-state index is 11.2. The molecule has 2 aliphatic rings. The fraction of sp³-hybridized carbons (Fsp3) is 0.917. The number of amides is 1. The maximum Gasteiger partial charge on any atom is 0.219 e. The minimum absolute atomic E-state index is 0.216. The summed E-state index contributed by atoms with van der Waals surface area (Å²) in [5.41, 5.74) is 0.443. The number of rotatable bonds is 2. The Morgan fingerprint density at radius 3 is 2.50 bits per heavy atom. The Hall–Kier alpha value is -0.610. The van der Waals surface area contributed by atoms with Gasteiger partial charge in [0.25, 0.3) is 0 Å². The van der Waals surface area contributed by atoms with Gasteiger partial charge in [0.2, 0.25) is 5.91 Å². The Morgan fingerprint density at radius 1 is 1.31 bits per heavy atom. The monoisotopic (exact) mass is 225 g/mol. The molecule has 4 nitrogen and oxygen atoms in total. The highest BCUT2D eigenvalue weighted by atomic mass is 16.2. The third-order valence-electron chi connectivity index (χ3n) is 3.88. The van der Waals surface area contributed by atoms with Gasteiger partial charge in [-0.05, 0) is 18.4 Å². The van der Waals surface area contributed by atoms with Crippen molar-refractivity contribution in [3.8, 4) is 0 Å². The first kappa shape index (κ1) is 11.9. The summed E-state index contributed by atoms with van der Waals surface area (Å²) in [5.74, 6) is 0.216. The first-order chi connectivity index (χ1) is 7.59. The number of hydrogen-bond acceptors (Lipinski definition) is 3. The van der Waals surface area contributed by atoms with Gasteiger partial charge in [0.05, 0.1) is 0 Å². The van der Waals surface area contributed by atoms with E-state index in [0.29, 0.717) is 5.41 Å². The molecule has 0 saturated carbocycles. The molecule has 2 rings (SSSR count). The summed E-state index contributed by atoms with van der Waals surface area (Å²) in [4.78, 5) is 15.7. The SMILES string of the molecule is CC(=O)N1CCN(CC2(C)CCNC2)CC1. The molecule has 0 aliphatic carbocycles. The van der Waals surface area contributed by atoms with Crippen molar-refractivity contribution in [3.05, 3.63) is 0 Å². The molecule has 1 N–H and O–H groups in total. The summed E-state index contributed by atoms with van der Waals surface area (Å²) < 4.78 is 0. The topological polar surface area (TPSA) is 35.6 Å². The minimum atomic E-state index is 0.216. The van der Waals surface area contributed by atoms with Crippen molar-refractivity contribution in [1.29, 1.82) is 0 Å². The van der Waals surface area contributed by atoms with Gasteiger partial charge in [-0.2, -0.15) is 0 Å². The van der Waals surface area contributed by atoms with Gasteiger partial charge in [0.1, 0.15) is 0 Å². The van der Waals surface area contributed by atoms with Crippen LogP contribution in [-0.4, -0.2) is 61.5 Å². The van der Waals surface area contributed by atoms with Crippen LogP contribution < -0.4 is 5.32 Å². The third-order valence-corrected chi connectivity index (χ3v) is 3.88. The van der Waals surface area contributed by atoms with Crippen LogP contribution in [-0.2, 0) is 4.79 Å². The largest absolute Gasteiger partial charge is 0.340 e. The summed E-state index contributed by atoms with van der Waals surface area (Å²) in [5, 5.41) is 3.44. The zero-order chi connectivity index (χ0) is 11.6. The van der Waals surface area contributed by atoms with Gasteiger partial charge in [0, 0.05) is 46.2 Å². The highest BCUT2D eigenvalue weighted by Gasteiger charge is 2.31. The minimum Gasteiger partial charge on any atom is -0.340 e. The molecule has 16 heavy (non-hydrogen) atoms. The van der Waals surface area contributed by atoms with Crippen molar-refractivity contribution in [2.75, 3.05) is 45.8 Å². The molecule has 4 heteroatoms. The van der Waals surface area contributed by atoms with Gasteiger partial charge >= 0.3 is 0 Å². The summed E-state index contributed by atoms with van der Waals surface area (Å²) in [7, 11) is 0. The van der Waals surface area contributed by atoms with Crippen molar-refractivity contribution in [1.82, 2.24) is 15.1 Å². The Kier molecular flexibility index (Phi) is 3.50. The second-order valence-electron chi connectivity index (χ2n) is 5.52. The van der Waals surface area contributed by atoms with Crippen LogP contribution in [0.2, 0.25) is 0 Å². The molecule has 0 radical (unpaired) electrons. The molecule has 2 heterocycles. The van der Waals surface area contributed by atoms with Crippen LogP contribution in [0.15, 0.2) is 0 Å². The van der Waals surface area contributed by atoms with Crippen LogP contribution in [0.5, 0.6) is 0 Å². The molecule has 2 saturated heterocycles. The molecule has 0 spiro atoms. The standard InChI is InChI=1S/C12H23N3O/c1-11(16)15-7-5-14(6-8-15)10-12(2)3-4-13-9-12/h13H,3-10H2,1-2H3. The van der Waals surface area contributed by atoms with E-state index in [1.807, 2.05) is 4.90 Å². The smallest absolute Gasteiger partial charge is 0.219 e. The predicted molar refractivity (Wildman–Crippen MR) is 64.3 cm³/mol. The fourth-order valence-electron chi connectivity index (χ4n) is 2.76. The van der Waals surface area contributed by atoms with Crippen LogP contribution >= 0.6 is 0 Å². The predicted octanol–water partition coefficient (Wildman–Crippen LogP) is 0.150. The lowest BCUT2D eigenvalue weighted by Crippen LogP contribution is -2.50. The molecule has 1 atom stereocenters. The van der Waals surface area contributed by atoms with Crippen LogP contribution in [0.25, 0.3) is 0 Å². The van der Waals surface area contributed by atoms with Gasteiger partial charge < -0.3 is 10.2 Å². The quantitative estimate of drug-likeness (QED) is 0.726. The van der Waals surface area contributed by atoms with Crippen LogP contribution in [0.3, 0.4) is 0 Å². The van der Waals surface area contributed by atoms with Gasteiger partial charge in [0.15, 0.2) is 0 Å². The Labute approximate surface area is 98.0 Å². The number of nitrogens with zero attached hydrogens (tertiary/aromatic N) is 2. The lowest BCUT2D eigenvalue weighted by Gasteiger charge is -2.38. The Bertz CT molecular complexity index is 253. The summed E-state index contributed by atoms with van der Waals surface area (Å²) in [6, 6.07) is 0. The summed E-state index contributed by atoms with van der Waals surface area (Å²) in [6.45, 7) is 11.4. The van der Waals surface area contributed by atoms with E-state index in [2.05, 4.69) is 17.1 Å². The van der Waals surface area contributed by atoms with E-state index in [1.165, 1.54) is 13.0 Å². The lowest BCUT2D eigenvalue weighted by molar-refractivity contribution is -0.130. The fourth-order valence-corrected chi connectivity index (χ4v) is 2.76. The van der Waals surface area contributed by atoms with Gasteiger partial charge in [-0.15, -0.1) is 0 Å². The molecule has 2 fully saturated rings. The number of carbonyl (C=O) groups is 1. The highest BCUT2D eigenvalue weighted by Crippen LogP contribution is 2.26. The molecule has 0 aromatic heterocycles.